The van der Waals surface area contributed by atoms with Crippen molar-refractivity contribution in [1.29, 1.82) is 5.26 Å². The number of rotatable bonds is 5. The third kappa shape index (κ3) is 5.47. The summed E-state index contributed by atoms with van der Waals surface area (Å²) in [5.41, 5.74) is 4.33. The average Bonchev–Trinajstić information content (AvgIpc) is 3.36. The van der Waals surface area contributed by atoms with Gasteiger partial charge in [-0.2, -0.15) is 5.26 Å². The second-order valence-electron chi connectivity index (χ2n) is 6.40. The third-order valence-electron chi connectivity index (χ3n) is 4.35. The number of carboxylic acids is 1. The van der Waals surface area contributed by atoms with Gasteiger partial charge in [0.1, 0.15) is 11.6 Å². The number of thiophene rings is 1. The maximum Gasteiger partial charge on any atom is 0.345 e. The van der Waals surface area contributed by atoms with Crippen molar-refractivity contribution in [3.63, 3.8) is 0 Å². The standard InChI is InChI=1S/C22H17NS.C4H3NO2/c1-3-10-18(11-4-1)23(19-12-5-2-6-13-19)21-15-8-7-14-20(21)22-16-9-17-24-22;1-3(2-5)4(6)7/h1-17H;1H2,(H,6,7). The van der Waals surface area contributed by atoms with Crippen molar-refractivity contribution in [2.45, 2.75) is 0 Å². The highest BCUT2D eigenvalue weighted by atomic mass is 32.1. The molecule has 0 radical (unpaired) electrons. The first kappa shape index (κ1) is 21.6. The molecule has 5 heteroatoms. The van der Waals surface area contributed by atoms with Gasteiger partial charge in [0, 0.05) is 21.8 Å². The normalized spacial score (nSPS) is 9.65. The molecule has 4 rings (SSSR count). The van der Waals surface area contributed by atoms with Gasteiger partial charge >= 0.3 is 5.97 Å². The van der Waals surface area contributed by atoms with E-state index in [4.69, 9.17) is 10.4 Å². The number of benzene rings is 3. The van der Waals surface area contributed by atoms with Gasteiger partial charge in [-0.3, -0.25) is 0 Å². The third-order valence-corrected chi connectivity index (χ3v) is 5.26. The molecule has 4 nitrogen and oxygen atoms in total. The molecule has 0 aliphatic carbocycles. The molecular formula is C26H20N2O2S. The molecule has 0 saturated heterocycles. The van der Waals surface area contributed by atoms with E-state index >= 15 is 0 Å². The lowest BCUT2D eigenvalue weighted by Gasteiger charge is -2.27. The summed E-state index contributed by atoms with van der Waals surface area (Å²) in [7, 11) is 0. The van der Waals surface area contributed by atoms with Crippen molar-refractivity contribution in [1.82, 2.24) is 0 Å². The predicted molar refractivity (Wildman–Crippen MR) is 127 cm³/mol. The number of hydrogen-bond donors (Lipinski definition) is 1. The van der Waals surface area contributed by atoms with Crippen LogP contribution in [0.15, 0.2) is 115 Å². The Kier molecular flexibility index (Phi) is 7.36. The Bertz CT molecular complexity index is 1140. The van der Waals surface area contributed by atoms with Crippen molar-refractivity contribution in [2.24, 2.45) is 0 Å². The van der Waals surface area contributed by atoms with E-state index in [1.807, 2.05) is 0 Å². The summed E-state index contributed by atoms with van der Waals surface area (Å²) in [6.45, 7) is 2.91. The second kappa shape index (κ2) is 10.6. The van der Waals surface area contributed by atoms with Crippen LogP contribution in [0.2, 0.25) is 0 Å². The van der Waals surface area contributed by atoms with E-state index in [1.54, 1.807) is 11.3 Å². The molecule has 0 amide bonds. The van der Waals surface area contributed by atoms with E-state index in [2.05, 4.69) is 114 Å². The Hall–Kier alpha value is -4.14. The van der Waals surface area contributed by atoms with Gasteiger partial charge in [-0.1, -0.05) is 67.2 Å². The summed E-state index contributed by atoms with van der Waals surface area (Å²) < 4.78 is 0. The summed E-state index contributed by atoms with van der Waals surface area (Å²) in [5.74, 6) is -1.26. The Labute approximate surface area is 185 Å². The zero-order chi connectivity index (χ0) is 22.1. The first-order valence-corrected chi connectivity index (χ1v) is 10.3. The van der Waals surface area contributed by atoms with Gasteiger partial charge < -0.3 is 10.0 Å². The smallest absolute Gasteiger partial charge is 0.345 e. The van der Waals surface area contributed by atoms with Crippen LogP contribution in [0.25, 0.3) is 10.4 Å². The van der Waals surface area contributed by atoms with Gasteiger partial charge in [0.15, 0.2) is 0 Å². The molecule has 152 valence electrons. The van der Waals surface area contributed by atoms with Crippen molar-refractivity contribution < 1.29 is 9.90 Å². The number of anilines is 3. The minimum atomic E-state index is -1.26. The minimum Gasteiger partial charge on any atom is -0.477 e. The summed E-state index contributed by atoms with van der Waals surface area (Å²) >= 11 is 1.77. The zero-order valence-electron chi connectivity index (χ0n) is 16.7. The fourth-order valence-corrected chi connectivity index (χ4v) is 3.70. The summed E-state index contributed by atoms with van der Waals surface area (Å²) in [6.07, 6.45) is 0. The fraction of sp³-hybridized carbons (Fsp3) is 0. The van der Waals surface area contributed by atoms with Crippen LogP contribution >= 0.6 is 11.3 Å². The zero-order valence-corrected chi connectivity index (χ0v) is 17.5. The Morgan fingerprint density at radius 3 is 1.84 bits per heavy atom. The highest BCUT2D eigenvalue weighted by Gasteiger charge is 2.16. The van der Waals surface area contributed by atoms with E-state index in [9.17, 15) is 4.79 Å². The number of nitriles is 1. The molecule has 1 N–H and O–H groups in total. The van der Waals surface area contributed by atoms with E-state index in [0.717, 1.165) is 11.4 Å². The van der Waals surface area contributed by atoms with Crippen molar-refractivity contribution in [3.05, 3.63) is 115 Å². The first-order valence-electron chi connectivity index (χ1n) is 9.47. The van der Waals surface area contributed by atoms with Crippen molar-refractivity contribution in [3.8, 4) is 16.5 Å². The van der Waals surface area contributed by atoms with Crippen LogP contribution < -0.4 is 4.90 Å². The number of nitrogens with zero attached hydrogens (tertiary/aromatic N) is 2. The number of carboxylic acid groups (broad SMARTS) is 1. The SMILES string of the molecule is C=C(C#N)C(=O)O.c1ccc(N(c2ccccc2)c2ccccc2-c2cccs2)cc1. The van der Waals surface area contributed by atoms with Gasteiger partial charge in [-0.15, -0.1) is 11.3 Å². The van der Waals surface area contributed by atoms with Gasteiger partial charge in [-0.25, -0.2) is 4.79 Å². The lowest BCUT2D eigenvalue weighted by molar-refractivity contribution is -0.132. The van der Waals surface area contributed by atoms with Crippen molar-refractivity contribution >= 4 is 34.4 Å². The lowest BCUT2D eigenvalue weighted by Crippen LogP contribution is -2.10. The lowest BCUT2D eigenvalue weighted by atomic mass is 10.1. The van der Waals surface area contributed by atoms with Crippen molar-refractivity contribution in [2.75, 3.05) is 4.90 Å². The molecule has 0 atom stereocenters. The highest BCUT2D eigenvalue weighted by Crippen LogP contribution is 2.41. The molecule has 0 bridgehead atoms. The maximum absolute atomic E-state index is 9.61. The molecule has 4 aromatic rings. The van der Waals surface area contributed by atoms with Crippen LogP contribution in [0.1, 0.15) is 0 Å². The molecule has 3 aromatic carbocycles. The van der Waals surface area contributed by atoms with E-state index in [-0.39, 0.29) is 0 Å². The molecule has 0 aliphatic rings. The molecule has 0 fully saturated rings. The molecular weight excluding hydrogens is 404 g/mol. The van der Waals surface area contributed by atoms with Gasteiger partial charge in [0.25, 0.3) is 0 Å². The Balaban J connectivity index is 0.000000339. The Morgan fingerprint density at radius 1 is 0.839 bits per heavy atom. The van der Waals surface area contributed by atoms with Gasteiger partial charge in [0.2, 0.25) is 0 Å². The van der Waals surface area contributed by atoms with Crippen LogP contribution in [0, 0.1) is 11.3 Å². The number of aliphatic carboxylic acids is 1. The summed E-state index contributed by atoms with van der Waals surface area (Å²) in [4.78, 5) is 13.2. The molecule has 0 unspecified atom stereocenters. The molecule has 1 aromatic heterocycles. The molecule has 0 aliphatic heterocycles. The largest absolute Gasteiger partial charge is 0.477 e. The second-order valence-corrected chi connectivity index (χ2v) is 7.34. The Morgan fingerprint density at radius 2 is 1.39 bits per heavy atom. The molecule has 0 saturated carbocycles. The average molecular weight is 425 g/mol. The van der Waals surface area contributed by atoms with Gasteiger partial charge in [0.05, 0.1) is 5.69 Å². The first-order chi connectivity index (χ1) is 15.1. The predicted octanol–water partition coefficient (Wildman–Crippen LogP) is 7.04. The van der Waals surface area contributed by atoms with Crippen LogP contribution in [-0.2, 0) is 4.79 Å². The summed E-state index contributed by atoms with van der Waals surface area (Å²) in [6, 6.07) is 35.3. The monoisotopic (exact) mass is 424 g/mol. The van der Waals surface area contributed by atoms with Crippen LogP contribution in [-0.4, -0.2) is 11.1 Å². The molecule has 1 heterocycles. The van der Waals surface area contributed by atoms with Crippen LogP contribution in [0.3, 0.4) is 0 Å². The summed E-state index contributed by atoms with van der Waals surface area (Å²) in [5, 5.41) is 17.8. The quantitative estimate of drug-likeness (QED) is 0.276. The number of hydrogen-bond acceptors (Lipinski definition) is 4. The van der Waals surface area contributed by atoms with Crippen LogP contribution in [0.5, 0.6) is 0 Å². The topological polar surface area (TPSA) is 64.3 Å². The minimum absolute atomic E-state index is 0.431. The van der Waals surface area contributed by atoms with E-state index < -0.39 is 11.5 Å². The molecule has 0 spiro atoms. The maximum atomic E-state index is 9.61. The molecule has 31 heavy (non-hydrogen) atoms. The van der Waals surface area contributed by atoms with E-state index in [0.29, 0.717) is 0 Å². The van der Waals surface area contributed by atoms with E-state index in [1.165, 1.54) is 22.2 Å². The fourth-order valence-electron chi connectivity index (χ4n) is 2.94. The van der Waals surface area contributed by atoms with Gasteiger partial charge in [-0.05, 0) is 41.8 Å². The highest BCUT2D eigenvalue weighted by molar-refractivity contribution is 7.13. The number of para-hydroxylation sites is 3. The van der Waals surface area contributed by atoms with Crippen LogP contribution in [0.4, 0.5) is 17.1 Å². The number of carbonyl (C=O) groups is 1.